The zero-order valence-corrected chi connectivity index (χ0v) is 26.0. The van der Waals surface area contributed by atoms with Gasteiger partial charge < -0.3 is 0 Å². The van der Waals surface area contributed by atoms with E-state index in [0.717, 1.165) is 38.0 Å². The fourth-order valence-electron chi connectivity index (χ4n) is 7.56. The molecule has 1 saturated carbocycles. The molecule has 2 aromatic carbocycles. The topological polar surface area (TPSA) is 0 Å². The Hall–Kier alpha value is -1.89. The van der Waals surface area contributed by atoms with Crippen LogP contribution in [0, 0.1) is 11.3 Å². The lowest BCUT2D eigenvalue weighted by molar-refractivity contribution is 0.0894. The first kappa shape index (κ1) is 31.6. The Balaban J connectivity index is 1.62. The number of aryl methyl sites for hydroxylation is 2. The molecule has 0 nitrogen and oxygen atoms in total. The number of hydrogen-bond acceptors (Lipinski definition) is 0. The largest absolute Gasteiger partial charge is 0.245 e. The predicted molar refractivity (Wildman–Crippen MR) is 170 cm³/mol. The van der Waals surface area contributed by atoms with Crippen LogP contribution < -0.4 is 0 Å². The van der Waals surface area contributed by atoms with E-state index >= 15 is 0 Å². The van der Waals surface area contributed by atoms with Gasteiger partial charge in [-0.3, -0.25) is 0 Å². The van der Waals surface area contributed by atoms with Crippen molar-refractivity contribution >= 4 is 5.57 Å². The number of unbranched alkanes of at least 4 members (excludes halogenated alkanes) is 1. The van der Waals surface area contributed by atoms with Gasteiger partial charge >= 0.3 is 0 Å². The number of benzene rings is 2. The van der Waals surface area contributed by atoms with Crippen LogP contribution in [0.1, 0.15) is 146 Å². The number of alkyl halides is 1. The van der Waals surface area contributed by atoms with Crippen molar-refractivity contribution in [2.24, 2.45) is 11.3 Å². The fourth-order valence-corrected chi connectivity index (χ4v) is 7.56. The van der Waals surface area contributed by atoms with Gasteiger partial charge in [-0.15, -0.1) is 0 Å². The molecule has 0 bridgehead atoms. The lowest BCUT2D eigenvalue weighted by Gasteiger charge is -2.45. The number of hydrogen-bond donors (Lipinski definition) is 0. The van der Waals surface area contributed by atoms with Gasteiger partial charge in [0, 0.05) is 0 Å². The van der Waals surface area contributed by atoms with Gasteiger partial charge in [-0.1, -0.05) is 95.1 Å². The molecule has 3 unspecified atom stereocenters. The summed E-state index contributed by atoms with van der Waals surface area (Å²) in [6.45, 7) is 14.9. The molecule has 1 aliphatic rings. The maximum atomic E-state index is 13.8. The zero-order valence-electron chi connectivity index (χ0n) is 26.0. The van der Waals surface area contributed by atoms with Crippen molar-refractivity contribution in [1.29, 1.82) is 0 Å². The summed E-state index contributed by atoms with van der Waals surface area (Å²) in [6.07, 6.45) is 17.9. The summed E-state index contributed by atoms with van der Waals surface area (Å²) in [5, 5.41) is 0. The molecule has 0 N–H and O–H groups in total. The second-order valence-electron chi connectivity index (χ2n) is 13.4. The standard InChI is InChI=1S/C38H57F/c1-7-16-31-26-36(33-18-11-10-12-19-33)29-38(28-31,23-8-2)25-15-17-30(4)35-22-21-34(32(9-3)27-35)20-13-14-24-37(5,6)39/h10-12,18-19,21-22,27,31,36H,4,7-9,13-17,20,23-26,28-29H2,1-3,5-6H3. The maximum Gasteiger partial charge on any atom is 0.105 e. The Morgan fingerprint density at radius 1 is 0.923 bits per heavy atom. The van der Waals surface area contributed by atoms with Crippen molar-refractivity contribution in [1.82, 2.24) is 0 Å². The Kier molecular flexibility index (Phi) is 12.3. The number of halogens is 1. The third-order valence-electron chi connectivity index (χ3n) is 9.42. The normalized spacial score (nSPS) is 21.7. The highest BCUT2D eigenvalue weighted by Crippen LogP contribution is 2.53. The third-order valence-corrected chi connectivity index (χ3v) is 9.42. The summed E-state index contributed by atoms with van der Waals surface area (Å²) in [6, 6.07) is 18.4. The van der Waals surface area contributed by atoms with Crippen LogP contribution in [0.5, 0.6) is 0 Å². The molecule has 0 heterocycles. The molecule has 3 rings (SSSR count). The minimum absolute atomic E-state index is 0.472. The quantitative estimate of drug-likeness (QED) is 0.189. The van der Waals surface area contributed by atoms with Gasteiger partial charge in [0.15, 0.2) is 0 Å². The lowest BCUT2D eigenvalue weighted by atomic mass is 9.59. The summed E-state index contributed by atoms with van der Waals surface area (Å²) < 4.78 is 13.8. The third kappa shape index (κ3) is 9.91. The molecule has 1 heteroatoms. The van der Waals surface area contributed by atoms with Gasteiger partial charge in [0.2, 0.25) is 0 Å². The van der Waals surface area contributed by atoms with Crippen molar-refractivity contribution < 1.29 is 4.39 Å². The Morgan fingerprint density at radius 3 is 2.36 bits per heavy atom. The first-order valence-corrected chi connectivity index (χ1v) is 16.2. The van der Waals surface area contributed by atoms with Crippen molar-refractivity contribution in [2.75, 3.05) is 0 Å². The minimum Gasteiger partial charge on any atom is -0.245 e. The van der Waals surface area contributed by atoms with E-state index in [-0.39, 0.29) is 0 Å². The average Bonchev–Trinajstić information content (AvgIpc) is 2.91. The van der Waals surface area contributed by atoms with E-state index in [2.05, 4.69) is 75.9 Å². The summed E-state index contributed by atoms with van der Waals surface area (Å²) in [4.78, 5) is 0. The van der Waals surface area contributed by atoms with E-state index in [1.165, 1.54) is 80.1 Å². The molecule has 1 fully saturated rings. The van der Waals surface area contributed by atoms with Gasteiger partial charge in [0.1, 0.15) is 5.67 Å². The van der Waals surface area contributed by atoms with Crippen molar-refractivity contribution in [3.05, 3.63) is 77.4 Å². The van der Waals surface area contributed by atoms with Crippen LogP contribution in [0.25, 0.3) is 5.57 Å². The Labute approximate surface area is 240 Å². The van der Waals surface area contributed by atoms with Gasteiger partial charge in [0.25, 0.3) is 0 Å². The molecule has 216 valence electrons. The Bertz CT molecular complexity index is 997. The molecule has 3 atom stereocenters. The summed E-state index contributed by atoms with van der Waals surface area (Å²) in [7, 11) is 0. The number of allylic oxidation sites excluding steroid dienone is 1. The van der Waals surface area contributed by atoms with Crippen molar-refractivity contribution in [2.45, 2.75) is 143 Å². The first-order valence-electron chi connectivity index (χ1n) is 16.2. The van der Waals surface area contributed by atoms with Crippen LogP contribution in [-0.2, 0) is 12.8 Å². The summed E-state index contributed by atoms with van der Waals surface area (Å²) in [5.74, 6) is 1.57. The molecule has 0 saturated heterocycles. The SMILES string of the molecule is C=C(CCCC1(CCC)CC(CCC)CC(c2ccccc2)C1)c1ccc(CCCCC(C)(C)F)c(CC)c1. The second kappa shape index (κ2) is 15.2. The van der Waals surface area contributed by atoms with E-state index in [0.29, 0.717) is 17.8 Å². The highest BCUT2D eigenvalue weighted by molar-refractivity contribution is 5.64. The fraction of sp³-hybridized carbons (Fsp3) is 0.632. The highest BCUT2D eigenvalue weighted by atomic mass is 19.1. The maximum absolute atomic E-state index is 13.8. The van der Waals surface area contributed by atoms with Gasteiger partial charge in [0.05, 0.1) is 0 Å². The molecular formula is C38H57F. The van der Waals surface area contributed by atoms with E-state index in [1.807, 2.05) is 0 Å². The van der Waals surface area contributed by atoms with Crippen molar-refractivity contribution in [3.63, 3.8) is 0 Å². The van der Waals surface area contributed by atoms with Gasteiger partial charge in [-0.2, -0.15) is 0 Å². The molecule has 0 radical (unpaired) electrons. The molecule has 39 heavy (non-hydrogen) atoms. The molecule has 0 amide bonds. The molecule has 0 aromatic heterocycles. The monoisotopic (exact) mass is 532 g/mol. The molecule has 2 aromatic rings. The Morgan fingerprint density at radius 2 is 1.69 bits per heavy atom. The van der Waals surface area contributed by atoms with E-state index < -0.39 is 5.67 Å². The average molecular weight is 533 g/mol. The van der Waals surface area contributed by atoms with Gasteiger partial charge in [-0.25, -0.2) is 4.39 Å². The van der Waals surface area contributed by atoms with Crippen LogP contribution >= 0.6 is 0 Å². The first-order chi connectivity index (χ1) is 18.7. The van der Waals surface area contributed by atoms with Crippen LogP contribution in [0.2, 0.25) is 0 Å². The van der Waals surface area contributed by atoms with Crippen molar-refractivity contribution in [3.8, 4) is 0 Å². The molecule has 0 spiro atoms. The summed E-state index contributed by atoms with van der Waals surface area (Å²) >= 11 is 0. The number of rotatable bonds is 16. The van der Waals surface area contributed by atoms with Crippen LogP contribution in [-0.4, -0.2) is 5.67 Å². The molecule has 1 aliphatic carbocycles. The lowest BCUT2D eigenvalue weighted by Crippen LogP contribution is -2.33. The predicted octanol–water partition coefficient (Wildman–Crippen LogP) is 12.1. The molecular weight excluding hydrogens is 475 g/mol. The van der Waals surface area contributed by atoms with E-state index in [1.54, 1.807) is 19.4 Å². The van der Waals surface area contributed by atoms with Crippen LogP contribution in [0.15, 0.2) is 55.1 Å². The molecule has 0 aliphatic heterocycles. The zero-order chi connectivity index (χ0) is 28.3. The smallest absolute Gasteiger partial charge is 0.105 e. The van der Waals surface area contributed by atoms with Crippen LogP contribution in [0.3, 0.4) is 0 Å². The van der Waals surface area contributed by atoms with Crippen LogP contribution in [0.4, 0.5) is 4.39 Å². The highest BCUT2D eigenvalue weighted by Gasteiger charge is 2.39. The summed E-state index contributed by atoms with van der Waals surface area (Å²) in [5.41, 5.74) is 6.47. The minimum atomic E-state index is -1.05. The van der Waals surface area contributed by atoms with Gasteiger partial charge in [-0.05, 0) is 136 Å². The van der Waals surface area contributed by atoms with E-state index in [4.69, 9.17) is 0 Å². The second-order valence-corrected chi connectivity index (χ2v) is 13.4. The van der Waals surface area contributed by atoms with E-state index in [9.17, 15) is 4.39 Å².